The highest BCUT2D eigenvalue weighted by atomic mass is 79.9. The number of hydrogen-bond acceptors (Lipinski definition) is 4. The van der Waals surface area contributed by atoms with Crippen molar-refractivity contribution in [1.29, 1.82) is 0 Å². The average molecular weight is 549 g/mol. The maximum absolute atomic E-state index is 12.2. The quantitative estimate of drug-likeness (QED) is 0.280. The third-order valence-electron chi connectivity index (χ3n) is 4.79. The molecule has 0 aliphatic heterocycles. The zero-order chi connectivity index (χ0) is 25.6. The van der Waals surface area contributed by atoms with Crippen LogP contribution in [0.25, 0.3) is 33.4 Å². The number of aromatic nitrogens is 2. The van der Waals surface area contributed by atoms with Crippen molar-refractivity contribution < 1.29 is 27.9 Å². The summed E-state index contributed by atoms with van der Waals surface area (Å²) in [5, 5.41) is 10.9. The van der Waals surface area contributed by atoms with Crippen LogP contribution in [0.4, 0.5) is 13.2 Å². The van der Waals surface area contributed by atoms with E-state index in [1.54, 1.807) is 6.20 Å². The molecule has 35 heavy (non-hydrogen) atoms. The number of nitrogens with two attached hydrogens (primary N) is 1. The average Bonchev–Trinajstić information content (AvgIpc) is 3.21. The van der Waals surface area contributed by atoms with Gasteiger partial charge < -0.3 is 21.1 Å². The number of carboxylic acid groups (broad SMARTS) is 1. The summed E-state index contributed by atoms with van der Waals surface area (Å²) in [7, 11) is 0. The predicted octanol–water partition coefficient (Wildman–Crippen LogP) is 4.98. The lowest BCUT2D eigenvalue weighted by atomic mass is 9.98. The fourth-order valence-electron chi connectivity index (χ4n) is 3.24. The molecule has 0 radical (unpaired) electrons. The van der Waals surface area contributed by atoms with Gasteiger partial charge in [0.25, 0.3) is 5.91 Å². The summed E-state index contributed by atoms with van der Waals surface area (Å²) in [4.78, 5) is 29.0. The molecule has 5 N–H and O–H groups in total. The number of aliphatic carboxylic acids is 1. The van der Waals surface area contributed by atoms with Crippen LogP contribution in [0, 0.1) is 0 Å². The van der Waals surface area contributed by atoms with Crippen LogP contribution in [0.1, 0.15) is 10.4 Å². The first-order chi connectivity index (χ1) is 16.6. The van der Waals surface area contributed by atoms with Crippen LogP contribution >= 0.6 is 15.9 Å². The molecule has 2 aromatic carbocycles. The van der Waals surface area contributed by atoms with E-state index in [1.807, 2.05) is 42.5 Å². The number of pyridine rings is 1. The second-order valence-corrected chi connectivity index (χ2v) is 8.13. The Bertz CT molecular complexity index is 1320. The number of amides is 1. The molecule has 0 saturated heterocycles. The Balaban J connectivity index is 0.000000429. The smallest absolute Gasteiger partial charge is 0.475 e. The second kappa shape index (κ2) is 11.2. The highest BCUT2D eigenvalue weighted by Gasteiger charge is 2.38. The van der Waals surface area contributed by atoms with Crippen molar-refractivity contribution in [2.75, 3.05) is 13.1 Å². The van der Waals surface area contributed by atoms with Crippen molar-refractivity contribution in [3.63, 3.8) is 0 Å². The van der Waals surface area contributed by atoms with E-state index >= 15 is 0 Å². The molecule has 7 nitrogen and oxygen atoms in total. The van der Waals surface area contributed by atoms with Crippen LogP contribution in [0.3, 0.4) is 0 Å². The molecule has 0 saturated carbocycles. The molecule has 0 spiro atoms. The van der Waals surface area contributed by atoms with E-state index in [-0.39, 0.29) is 5.91 Å². The first-order valence-corrected chi connectivity index (χ1v) is 11.0. The molecule has 1 amide bonds. The third-order valence-corrected chi connectivity index (χ3v) is 5.22. The first kappa shape index (κ1) is 25.9. The predicted molar refractivity (Wildman–Crippen MR) is 130 cm³/mol. The molecule has 0 aliphatic rings. The van der Waals surface area contributed by atoms with E-state index < -0.39 is 12.1 Å². The normalized spacial score (nSPS) is 11.0. The van der Waals surface area contributed by atoms with Gasteiger partial charge in [0, 0.05) is 40.3 Å². The monoisotopic (exact) mass is 548 g/mol. The fraction of sp³-hybridized carbons (Fsp3) is 0.125. The van der Waals surface area contributed by atoms with Crippen molar-refractivity contribution in [2.24, 2.45) is 5.73 Å². The fourth-order valence-corrected chi connectivity index (χ4v) is 3.57. The number of nitrogens with one attached hydrogen (secondary N) is 2. The van der Waals surface area contributed by atoms with Crippen LogP contribution in [0.5, 0.6) is 0 Å². The molecule has 182 valence electrons. The van der Waals surface area contributed by atoms with Crippen LogP contribution < -0.4 is 11.1 Å². The SMILES string of the molecule is NCCNC(=O)c1ccc(-c2c(-c3ccccc3)[nH]c3ncc(Br)cc23)cc1.O=C(O)C(F)(F)F. The molecular weight excluding hydrogens is 529 g/mol. The summed E-state index contributed by atoms with van der Waals surface area (Å²) in [5.41, 5.74) is 11.0. The summed E-state index contributed by atoms with van der Waals surface area (Å²) >= 11 is 3.52. The molecule has 2 aromatic heterocycles. The zero-order valence-corrected chi connectivity index (χ0v) is 19.7. The first-order valence-electron chi connectivity index (χ1n) is 10.2. The van der Waals surface area contributed by atoms with Crippen molar-refractivity contribution >= 4 is 38.8 Å². The number of carboxylic acids is 1. The van der Waals surface area contributed by atoms with E-state index in [4.69, 9.17) is 15.6 Å². The summed E-state index contributed by atoms with van der Waals surface area (Å²) in [5.74, 6) is -2.88. The number of hydrogen-bond donors (Lipinski definition) is 4. The van der Waals surface area contributed by atoms with E-state index in [9.17, 15) is 18.0 Å². The maximum Gasteiger partial charge on any atom is 0.490 e. The molecule has 0 unspecified atom stereocenters. The van der Waals surface area contributed by atoms with Gasteiger partial charge in [0.05, 0.1) is 5.69 Å². The van der Waals surface area contributed by atoms with Crippen molar-refractivity contribution in [3.8, 4) is 22.4 Å². The van der Waals surface area contributed by atoms with Crippen LogP contribution in [0.2, 0.25) is 0 Å². The topological polar surface area (TPSA) is 121 Å². The van der Waals surface area contributed by atoms with Gasteiger partial charge in [0.1, 0.15) is 5.65 Å². The Morgan fingerprint density at radius 3 is 2.26 bits per heavy atom. The molecule has 4 rings (SSSR count). The highest BCUT2D eigenvalue weighted by molar-refractivity contribution is 9.10. The highest BCUT2D eigenvalue weighted by Crippen LogP contribution is 2.38. The van der Waals surface area contributed by atoms with Gasteiger partial charge in [-0.1, -0.05) is 42.5 Å². The Kier molecular flexibility index (Phi) is 8.26. The number of fused-ring (bicyclic) bond motifs is 1. The lowest BCUT2D eigenvalue weighted by Gasteiger charge is -2.08. The van der Waals surface area contributed by atoms with Crippen LogP contribution in [-0.4, -0.2) is 46.2 Å². The number of nitrogens with zero attached hydrogens (tertiary/aromatic N) is 1. The molecule has 4 aromatic rings. The Labute approximate surface area is 206 Å². The molecule has 0 bridgehead atoms. The van der Waals surface area contributed by atoms with Gasteiger partial charge in [-0.2, -0.15) is 13.2 Å². The summed E-state index contributed by atoms with van der Waals surface area (Å²) in [6, 6.07) is 19.8. The van der Waals surface area contributed by atoms with Gasteiger partial charge in [-0.25, -0.2) is 9.78 Å². The minimum atomic E-state index is -5.08. The molecule has 2 heterocycles. The minimum Gasteiger partial charge on any atom is -0.475 e. The number of halogens is 4. The number of rotatable bonds is 5. The van der Waals surface area contributed by atoms with Gasteiger partial charge in [0.15, 0.2) is 0 Å². The van der Waals surface area contributed by atoms with Crippen molar-refractivity contribution in [3.05, 3.63) is 76.9 Å². The third kappa shape index (κ3) is 6.46. The molecular formula is C24H20BrF3N4O3. The number of carbonyl (C=O) groups excluding carboxylic acids is 1. The Morgan fingerprint density at radius 2 is 1.69 bits per heavy atom. The van der Waals surface area contributed by atoms with Gasteiger partial charge in [-0.3, -0.25) is 4.79 Å². The van der Waals surface area contributed by atoms with E-state index in [0.29, 0.717) is 18.7 Å². The van der Waals surface area contributed by atoms with Crippen molar-refractivity contribution in [2.45, 2.75) is 6.18 Å². The van der Waals surface area contributed by atoms with Crippen LogP contribution in [-0.2, 0) is 4.79 Å². The van der Waals surface area contributed by atoms with Gasteiger partial charge >= 0.3 is 12.1 Å². The second-order valence-electron chi connectivity index (χ2n) is 7.22. The number of H-pyrrole nitrogens is 1. The van der Waals surface area contributed by atoms with E-state index in [0.717, 1.165) is 37.9 Å². The van der Waals surface area contributed by atoms with E-state index in [1.165, 1.54) is 0 Å². The summed E-state index contributed by atoms with van der Waals surface area (Å²) in [6.45, 7) is 0.877. The number of alkyl halides is 3. The minimum absolute atomic E-state index is 0.122. The lowest BCUT2D eigenvalue weighted by molar-refractivity contribution is -0.192. The number of benzene rings is 2. The lowest BCUT2D eigenvalue weighted by Crippen LogP contribution is -2.28. The maximum atomic E-state index is 12.2. The standard InChI is InChI=1S/C22H19BrN4O.C2HF3O2/c23-17-12-18-19(14-6-8-16(9-7-14)22(28)25-11-10-24)20(27-21(18)26-13-17)15-4-2-1-3-5-15;3-2(4,5)1(6)7/h1-9,12-13H,10-11,24H2,(H,25,28)(H,26,27);(H,6,7). The van der Waals surface area contributed by atoms with E-state index in [2.05, 4.69) is 49.4 Å². The Morgan fingerprint density at radius 1 is 1.06 bits per heavy atom. The number of carbonyl (C=O) groups is 2. The summed E-state index contributed by atoms with van der Waals surface area (Å²) in [6.07, 6.45) is -3.30. The molecule has 11 heteroatoms. The van der Waals surface area contributed by atoms with Gasteiger partial charge in [-0.15, -0.1) is 0 Å². The zero-order valence-electron chi connectivity index (χ0n) is 18.1. The summed E-state index contributed by atoms with van der Waals surface area (Å²) < 4.78 is 32.7. The largest absolute Gasteiger partial charge is 0.490 e. The van der Waals surface area contributed by atoms with Gasteiger partial charge in [0.2, 0.25) is 0 Å². The van der Waals surface area contributed by atoms with Gasteiger partial charge in [-0.05, 0) is 45.3 Å². The molecule has 0 atom stereocenters. The van der Waals surface area contributed by atoms with Crippen LogP contribution in [0.15, 0.2) is 71.3 Å². The number of aromatic amines is 1. The molecule has 0 aliphatic carbocycles. The molecule has 0 fully saturated rings. The Hall–Kier alpha value is -3.70. The van der Waals surface area contributed by atoms with Crippen molar-refractivity contribution in [1.82, 2.24) is 15.3 Å².